The third-order valence-corrected chi connectivity index (χ3v) is 4.27. The van der Waals surface area contributed by atoms with Crippen LogP contribution in [0.15, 0.2) is 78.9 Å². The predicted octanol–water partition coefficient (Wildman–Crippen LogP) is 5.15. The van der Waals surface area contributed by atoms with Crippen LogP contribution in [0, 0.1) is 0 Å². The van der Waals surface area contributed by atoms with Crippen LogP contribution in [0.25, 0.3) is 6.08 Å². The quantitative estimate of drug-likeness (QED) is 0.543. The second-order valence-corrected chi connectivity index (χ2v) is 6.33. The molecule has 0 radical (unpaired) electrons. The highest BCUT2D eigenvalue weighted by atomic mass is 16.5. The van der Waals surface area contributed by atoms with Gasteiger partial charge in [0.2, 0.25) is 0 Å². The van der Waals surface area contributed by atoms with Gasteiger partial charge in [0.05, 0.1) is 13.7 Å². The fourth-order valence-electron chi connectivity index (χ4n) is 2.81. The number of hydrogen-bond acceptors (Lipinski definition) is 4. The van der Waals surface area contributed by atoms with E-state index in [1.807, 2.05) is 60.7 Å². The maximum atomic E-state index is 9.81. The first-order valence-electron chi connectivity index (χ1n) is 9.29. The van der Waals surface area contributed by atoms with E-state index in [1.165, 1.54) is 12.7 Å². The molecule has 0 saturated carbocycles. The van der Waals surface area contributed by atoms with E-state index in [-0.39, 0.29) is 5.75 Å². The largest absolute Gasteiger partial charge is 0.504 e. The van der Waals surface area contributed by atoms with Crippen LogP contribution in [-0.4, -0.2) is 25.4 Å². The van der Waals surface area contributed by atoms with Crippen molar-refractivity contribution in [1.82, 2.24) is 0 Å². The molecule has 4 nitrogen and oxygen atoms in total. The van der Waals surface area contributed by atoms with Gasteiger partial charge in [0, 0.05) is 24.7 Å². The van der Waals surface area contributed by atoms with Crippen molar-refractivity contribution in [1.29, 1.82) is 0 Å². The van der Waals surface area contributed by atoms with E-state index in [4.69, 9.17) is 9.47 Å². The molecule has 0 atom stereocenters. The fraction of sp³-hybridized carbons (Fsp3) is 0.167. The van der Waals surface area contributed by atoms with Gasteiger partial charge in [0.15, 0.2) is 11.5 Å². The highest BCUT2D eigenvalue weighted by Crippen LogP contribution is 2.26. The van der Waals surface area contributed by atoms with Gasteiger partial charge in [-0.25, -0.2) is 0 Å². The third-order valence-electron chi connectivity index (χ3n) is 4.27. The minimum atomic E-state index is 0.137. The van der Waals surface area contributed by atoms with Crippen molar-refractivity contribution >= 4 is 11.8 Å². The van der Waals surface area contributed by atoms with Crippen LogP contribution in [0.1, 0.15) is 11.1 Å². The summed E-state index contributed by atoms with van der Waals surface area (Å²) >= 11 is 0. The molecule has 0 fully saturated rings. The minimum Gasteiger partial charge on any atom is -0.504 e. The third kappa shape index (κ3) is 5.81. The van der Waals surface area contributed by atoms with E-state index in [0.29, 0.717) is 18.9 Å². The molecule has 0 saturated heterocycles. The fourth-order valence-corrected chi connectivity index (χ4v) is 2.81. The van der Waals surface area contributed by atoms with Gasteiger partial charge in [-0.15, -0.1) is 0 Å². The van der Waals surface area contributed by atoms with Crippen LogP contribution in [0.3, 0.4) is 0 Å². The van der Waals surface area contributed by atoms with Crippen molar-refractivity contribution in [3.63, 3.8) is 0 Å². The molecule has 3 aromatic carbocycles. The van der Waals surface area contributed by atoms with Crippen molar-refractivity contribution in [3.05, 3.63) is 90.0 Å². The Labute approximate surface area is 166 Å². The van der Waals surface area contributed by atoms with Gasteiger partial charge < -0.3 is 19.9 Å². The minimum absolute atomic E-state index is 0.137. The summed E-state index contributed by atoms with van der Waals surface area (Å²) in [5.74, 6) is 1.46. The predicted molar refractivity (Wildman–Crippen MR) is 114 cm³/mol. The average Bonchev–Trinajstić information content (AvgIpc) is 2.72. The Hall–Kier alpha value is -3.40. The molecule has 0 aliphatic heterocycles. The summed E-state index contributed by atoms with van der Waals surface area (Å²) in [7, 11) is 1.54. The Kier molecular flexibility index (Phi) is 6.96. The zero-order valence-corrected chi connectivity index (χ0v) is 16.0. The summed E-state index contributed by atoms with van der Waals surface area (Å²) in [5, 5.41) is 13.2. The monoisotopic (exact) mass is 375 g/mol. The zero-order chi connectivity index (χ0) is 19.6. The molecule has 0 aromatic heterocycles. The molecular weight excluding hydrogens is 350 g/mol. The van der Waals surface area contributed by atoms with Gasteiger partial charge >= 0.3 is 0 Å². The maximum Gasteiger partial charge on any atom is 0.160 e. The lowest BCUT2D eigenvalue weighted by atomic mass is 10.2. The van der Waals surface area contributed by atoms with Gasteiger partial charge in [0.1, 0.15) is 5.75 Å². The van der Waals surface area contributed by atoms with Gasteiger partial charge in [-0.1, -0.05) is 54.6 Å². The van der Waals surface area contributed by atoms with Crippen LogP contribution >= 0.6 is 0 Å². The van der Waals surface area contributed by atoms with Crippen molar-refractivity contribution in [2.24, 2.45) is 0 Å². The van der Waals surface area contributed by atoms with E-state index < -0.39 is 0 Å². The van der Waals surface area contributed by atoms with Gasteiger partial charge in [-0.2, -0.15) is 0 Å². The van der Waals surface area contributed by atoms with E-state index in [2.05, 4.69) is 17.4 Å². The molecule has 0 aliphatic rings. The first-order valence-corrected chi connectivity index (χ1v) is 9.29. The highest BCUT2D eigenvalue weighted by Gasteiger charge is 2.00. The molecule has 2 N–H and O–H groups in total. The van der Waals surface area contributed by atoms with E-state index >= 15 is 0 Å². The summed E-state index contributed by atoms with van der Waals surface area (Å²) < 4.78 is 10.9. The van der Waals surface area contributed by atoms with Gasteiger partial charge in [0.25, 0.3) is 0 Å². The van der Waals surface area contributed by atoms with Crippen LogP contribution in [0.4, 0.5) is 5.69 Å². The van der Waals surface area contributed by atoms with Crippen LogP contribution in [-0.2, 0) is 6.42 Å². The number of methoxy groups -OCH3 is 1. The average molecular weight is 375 g/mol. The number of hydrogen-bond donors (Lipinski definition) is 2. The molecule has 0 bridgehead atoms. The topological polar surface area (TPSA) is 50.7 Å². The highest BCUT2D eigenvalue weighted by molar-refractivity contribution is 5.56. The Morgan fingerprint density at radius 2 is 1.82 bits per heavy atom. The lowest BCUT2D eigenvalue weighted by Crippen LogP contribution is -2.02. The number of ether oxygens (including phenoxy) is 2. The Morgan fingerprint density at radius 3 is 2.61 bits per heavy atom. The van der Waals surface area contributed by atoms with E-state index in [1.54, 1.807) is 12.1 Å². The number of nitrogens with one attached hydrogen (secondary N) is 1. The smallest absolute Gasteiger partial charge is 0.160 e. The Morgan fingerprint density at radius 1 is 0.964 bits per heavy atom. The maximum absolute atomic E-state index is 9.81. The Balaban J connectivity index is 1.47. The standard InChI is InChI=1S/C24H25NO3/c1-27-24-13-12-20(17-23(24)26)9-6-15-25-21-10-5-11-22(18-21)28-16-14-19-7-3-2-4-8-19/h2-13,17-18,25-26H,14-16H2,1H3/b9-6+. The summed E-state index contributed by atoms with van der Waals surface area (Å²) in [6, 6.07) is 23.6. The summed E-state index contributed by atoms with van der Waals surface area (Å²) in [4.78, 5) is 0. The first kappa shape index (κ1) is 19.4. The number of anilines is 1. The summed E-state index contributed by atoms with van der Waals surface area (Å²) in [5.41, 5.74) is 3.18. The molecule has 3 rings (SSSR count). The molecule has 0 spiro atoms. The molecule has 4 heteroatoms. The molecule has 28 heavy (non-hydrogen) atoms. The molecule has 0 amide bonds. The number of benzene rings is 3. The van der Waals surface area contributed by atoms with Crippen molar-refractivity contribution < 1.29 is 14.6 Å². The lowest BCUT2D eigenvalue weighted by Gasteiger charge is -2.09. The summed E-state index contributed by atoms with van der Waals surface area (Å²) in [6.07, 6.45) is 4.84. The van der Waals surface area contributed by atoms with Crippen LogP contribution in [0.5, 0.6) is 17.2 Å². The molecular formula is C24H25NO3. The molecule has 0 aliphatic carbocycles. The molecule has 144 valence electrons. The lowest BCUT2D eigenvalue weighted by molar-refractivity contribution is 0.322. The molecule has 0 heterocycles. The Bertz CT molecular complexity index is 907. The van der Waals surface area contributed by atoms with Crippen molar-refractivity contribution in [3.8, 4) is 17.2 Å². The van der Waals surface area contributed by atoms with Gasteiger partial charge in [-0.3, -0.25) is 0 Å². The van der Waals surface area contributed by atoms with Gasteiger partial charge in [-0.05, 0) is 35.4 Å². The second kappa shape index (κ2) is 10.1. The number of phenolic OH excluding ortho intramolecular Hbond substituents is 1. The number of rotatable bonds is 9. The summed E-state index contributed by atoms with van der Waals surface area (Å²) in [6.45, 7) is 1.31. The molecule has 0 unspecified atom stereocenters. The SMILES string of the molecule is COc1ccc(/C=C/CNc2cccc(OCCc3ccccc3)c2)cc1O. The van der Waals surface area contributed by atoms with Crippen LogP contribution < -0.4 is 14.8 Å². The van der Waals surface area contributed by atoms with Crippen molar-refractivity contribution in [2.45, 2.75) is 6.42 Å². The number of phenols is 1. The first-order chi connectivity index (χ1) is 13.7. The van der Waals surface area contributed by atoms with Crippen molar-refractivity contribution in [2.75, 3.05) is 25.6 Å². The van der Waals surface area contributed by atoms with E-state index in [0.717, 1.165) is 23.4 Å². The van der Waals surface area contributed by atoms with E-state index in [9.17, 15) is 5.11 Å². The van der Waals surface area contributed by atoms with Crippen LogP contribution in [0.2, 0.25) is 0 Å². The normalized spacial score (nSPS) is 10.8. The second-order valence-electron chi connectivity index (χ2n) is 6.33. The zero-order valence-electron chi connectivity index (χ0n) is 16.0. The molecule has 3 aromatic rings. The number of aromatic hydroxyl groups is 1.